The van der Waals surface area contributed by atoms with Crippen molar-refractivity contribution < 1.29 is 14.3 Å². The Hall–Kier alpha value is -1.03. The van der Waals surface area contributed by atoms with Gasteiger partial charge in [-0.15, -0.1) is 0 Å². The van der Waals surface area contributed by atoms with Gasteiger partial charge in [-0.25, -0.2) is 4.79 Å². The highest BCUT2D eigenvalue weighted by molar-refractivity contribution is 5.69. The summed E-state index contributed by atoms with van der Waals surface area (Å²) in [4.78, 5) is 13.6. The second-order valence-electron chi connectivity index (χ2n) is 8.35. The fourth-order valence-electron chi connectivity index (χ4n) is 2.51. The fourth-order valence-corrected chi connectivity index (χ4v) is 2.51. The molecule has 0 aromatic carbocycles. The summed E-state index contributed by atoms with van der Waals surface area (Å²) in [6.07, 6.45) is 3.40. The third kappa shape index (κ3) is 4.48. The highest BCUT2D eigenvalue weighted by atomic mass is 16.6. The van der Waals surface area contributed by atoms with Crippen LogP contribution in [0.15, 0.2) is 11.8 Å². The normalized spacial score (nSPS) is 24.2. The van der Waals surface area contributed by atoms with Gasteiger partial charge < -0.3 is 9.47 Å². The Kier molecular flexibility index (Phi) is 5.38. The van der Waals surface area contributed by atoms with Crippen LogP contribution < -0.4 is 0 Å². The van der Waals surface area contributed by atoms with E-state index in [0.29, 0.717) is 0 Å². The first-order valence-electron chi connectivity index (χ1n) is 8.13. The van der Waals surface area contributed by atoms with Crippen molar-refractivity contribution in [2.24, 2.45) is 5.41 Å². The molecule has 22 heavy (non-hydrogen) atoms. The standard InChI is InChI=1S/C18H33NO3/c1-10-13(12-19(9)15(20)22-16(2,3)4)14-11-17(5,6)18(7,8)21-14/h12,14H,10-11H2,1-9H3/b13-12+. The summed E-state index contributed by atoms with van der Waals surface area (Å²) in [6, 6.07) is 0. The van der Waals surface area contributed by atoms with Crippen LogP contribution in [0.25, 0.3) is 0 Å². The summed E-state index contributed by atoms with van der Waals surface area (Å²) in [5, 5.41) is 0. The van der Waals surface area contributed by atoms with E-state index in [1.807, 2.05) is 27.0 Å². The van der Waals surface area contributed by atoms with Gasteiger partial charge in [-0.2, -0.15) is 0 Å². The molecule has 0 radical (unpaired) electrons. The maximum Gasteiger partial charge on any atom is 0.414 e. The molecule has 1 rings (SSSR count). The number of amides is 1. The second-order valence-corrected chi connectivity index (χ2v) is 8.35. The van der Waals surface area contributed by atoms with Gasteiger partial charge in [-0.05, 0) is 58.4 Å². The molecule has 1 heterocycles. The summed E-state index contributed by atoms with van der Waals surface area (Å²) in [6.45, 7) is 16.4. The SMILES string of the molecule is CC/C(=C\N(C)C(=O)OC(C)(C)C)C1CC(C)(C)C(C)(C)O1. The van der Waals surface area contributed by atoms with Crippen molar-refractivity contribution in [3.8, 4) is 0 Å². The molecule has 1 aliphatic heterocycles. The summed E-state index contributed by atoms with van der Waals surface area (Å²) in [5.74, 6) is 0. The zero-order chi connectivity index (χ0) is 17.3. The number of hydrogen-bond donors (Lipinski definition) is 0. The molecule has 0 aromatic rings. The van der Waals surface area contributed by atoms with Crippen molar-refractivity contribution in [2.45, 2.75) is 85.5 Å². The minimum Gasteiger partial charge on any atom is -0.443 e. The van der Waals surface area contributed by atoms with Crippen LogP contribution in [0.5, 0.6) is 0 Å². The van der Waals surface area contributed by atoms with E-state index < -0.39 is 5.60 Å². The zero-order valence-electron chi connectivity index (χ0n) is 15.7. The lowest BCUT2D eigenvalue weighted by molar-refractivity contribution is -0.0417. The average Bonchev–Trinajstić information content (AvgIpc) is 2.52. The number of ether oxygens (including phenoxy) is 2. The van der Waals surface area contributed by atoms with Gasteiger partial charge in [0.25, 0.3) is 0 Å². The van der Waals surface area contributed by atoms with Gasteiger partial charge in [0.15, 0.2) is 0 Å². The molecular weight excluding hydrogens is 278 g/mol. The molecule has 1 aliphatic rings. The van der Waals surface area contributed by atoms with Crippen molar-refractivity contribution in [3.05, 3.63) is 11.8 Å². The van der Waals surface area contributed by atoms with E-state index in [4.69, 9.17) is 9.47 Å². The van der Waals surface area contributed by atoms with Gasteiger partial charge in [-0.3, -0.25) is 4.90 Å². The van der Waals surface area contributed by atoms with Crippen LogP contribution in [0.4, 0.5) is 4.79 Å². The molecule has 0 spiro atoms. The topological polar surface area (TPSA) is 38.8 Å². The monoisotopic (exact) mass is 311 g/mol. The summed E-state index contributed by atoms with van der Waals surface area (Å²) in [5.41, 5.74) is 0.582. The van der Waals surface area contributed by atoms with Crippen LogP contribution in [0.3, 0.4) is 0 Å². The van der Waals surface area contributed by atoms with Crippen LogP contribution in [-0.4, -0.2) is 35.3 Å². The summed E-state index contributed by atoms with van der Waals surface area (Å²) >= 11 is 0. The van der Waals surface area contributed by atoms with E-state index >= 15 is 0 Å². The molecule has 128 valence electrons. The first-order chi connectivity index (χ1) is 9.79. The smallest absolute Gasteiger partial charge is 0.414 e. The van der Waals surface area contributed by atoms with Gasteiger partial charge in [0.2, 0.25) is 0 Å². The van der Waals surface area contributed by atoms with Crippen molar-refractivity contribution in [1.29, 1.82) is 0 Å². The first-order valence-corrected chi connectivity index (χ1v) is 8.13. The Morgan fingerprint density at radius 3 is 2.23 bits per heavy atom. The van der Waals surface area contributed by atoms with Gasteiger partial charge in [-0.1, -0.05) is 20.8 Å². The Bertz CT molecular complexity index is 428. The van der Waals surface area contributed by atoms with Gasteiger partial charge in [0.1, 0.15) is 5.60 Å². The molecule has 1 saturated heterocycles. The van der Waals surface area contributed by atoms with E-state index in [2.05, 4.69) is 34.6 Å². The maximum atomic E-state index is 12.1. The Balaban J connectivity index is 2.86. The van der Waals surface area contributed by atoms with Crippen molar-refractivity contribution >= 4 is 6.09 Å². The third-order valence-corrected chi connectivity index (χ3v) is 4.63. The molecule has 0 aromatic heterocycles. The second kappa shape index (κ2) is 6.23. The number of carbonyl (C=O) groups is 1. The number of rotatable bonds is 3. The number of hydrogen-bond acceptors (Lipinski definition) is 3. The van der Waals surface area contributed by atoms with Gasteiger partial charge in [0, 0.05) is 13.2 Å². The predicted molar refractivity (Wildman–Crippen MR) is 89.7 cm³/mol. The highest BCUT2D eigenvalue weighted by Crippen LogP contribution is 2.47. The lowest BCUT2D eigenvalue weighted by Gasteiger charge is -2.32. The largest absolute Gasteiger partial charge is 0.443 e. The van der Waals surface area contributed by atoms with Crippen LogP contribution in [0.1, 0.15) is 68.2 Å². The van der Waals surface area contributed by atoms with Crippen LogP contribution in [0, 0.1) is 5.41 Å². The summed E-state index contributed by atoms with van der Waals surface area (Å²) < 4.78 is 11.6. The molecule has 1 amide bonds. The lowest BCUT2D eigenvalue weighted by Crippen LogP contribution is -2.34. The minimum atomic E-state index is -0.487. The fraction of sp³-hybridized carbons (Fsp3) is 0.833. The van der Waals surface area contributed by atoms with E-state index in [9.17, 15) is 4.79 Å². The van der Waals surface area contributed by atoms with Crippen LogP contribution in [-0.2, 0) is 9.47 Å². The van der Waals surface area contributed by atoms with Crippen molar-refractivity contribution in [3.63, 3.8) is 0 Å². The molecule has 4 heteroatoms. The van der Waals surface area contributed by atoms with Gasteiger partial charge >= 0.3 is 6.09 Å². The Morgan fingerprint density at radius 1 is 1.32 bits per heavy atom. The predicted octanol–water partition coefficient (Wildman–Crippen LogP) is 4.74. The highest BCUT2D eigenvalue weighted by Gasteiger charge is 2.48. The molecule has 0 bridgehead atoms. The van der Waals surface area contributed by atoms with Crippen molar-refractivity contribution in [2.75, 3.05) is 7.05 Å². The first kappa shape index (κ1) is 19.0. The molecular formula is C18H33NO3. The van der Waals surface area contributed by atoms with E-state index in [-0.39, 0.29) is 23.2 Å². The van der Waals surface area contributed by atoms with Crippen molar-refractivity contribution in [1.82, 2.24) is 4.90 Å². The Labute approximate surface area is 135 Å². The third-order valence-electron chi connectivity index (χ3n) is 4.63. The van der Waals surface area contributed by atoms with E-state index in [1.165, 1.54) is 4.90 Å². The molecule has 0 N–H and O–H groups in total. The summed E-state index contributed by atoms with van der Waals surface area (Å²) in [7, 11) is 1.73. The molecule has 1 fully saturated rings. The molecule has 4 nitrogen and oxygen atoms in total. The maximum absolute atomic E-state index is 12.1. The van der Waals surface area contributed by atoms with Crippen LogP contribution >= 0.6 is 0 Å². The Morgan fingerprint density at radius 2 is 1.86 bits per heavy atom. The molecule has 0 saturated carbocycles. The van der Waals surface area contributed by atoms with Gasteiger partial charge in [0.05, 0.1) is 11.7 Å². The lowest BCUT2D eigenvalue weighted by atomic mass is 9.76. The quantitative estimate of drug-likeness (QED) is 0.755. The minimum absolute atomic E-state index is 0.0555. The molecule has 1 atom stereocenters. The zero-order valence-corrected chi connectivity index (χ0v) is 15.7. The average molecular weight is 311 g/mol. The van der Waals surface area contributed by atoms with Crippen LogP contribution in [0.2, 0.25) is 0 Å². The number of nitrogens with zero attached hydrogens (tertiary/aromatic N) is 1. The van der Waals surface area contributed by atoms with E-state index in [0.717, 1.165) is 18.4 Å². The molecule has 0 aliphatic carbocycles. The van der Waals surface area contributed by atoms with E-state index in [1.54, 1.807) is 7.05 Å². The number of carbonyl (C=O) groups excluding carboxylic acids is 1. The molecule has 1 unspecified atom stereocenters.